The Morgan fingerprint density at radius 2 is 2.13 bits per heavy atom. The summed E-state index contributed by atoms with van der Waals surface area (Å²) in [5.74, 6) is -0.322. The number of tetrazole rings is 1. The average Bonchev–Trinajstić information content (AvgIpc) is 2.63. The normalized spacial score (nSPS) is 10.2. The lowest BCUT2D eigenvalue weighted by atomic mass is 10.2. The van der Waals surface area contributed by atoms with Crippen LogP contribution < -0.4 is 10.5 Å². The standard InChI is InChI=1S/C8H7FN4O2/c9-7-3-1-6(2-4-7)5-15-13-8(14)10-11-12-13/h1-4H,5H2,(H,10,12,14). The molecule has 0 amide bonds. The molecule has 0 fully saturated rings. The van der Waals surface area contributed by atoms with E-state index in [9.17, 15) is 9.18 Å². The lowest BCUT2D eigenvalue weighted by Gasteiger charge is -2.01. The van der Waals surface area contributed by atoms with Crippen molar-refractivity contribution in [2.24, 2.45) is 0 Å². The SMILES string of the molecule is O=c1[nH]nnn1OCc1ccc(F)cc1. The highest BCUT2D eigenvalue weighted by Crippen LogP contribution is 2.02. The number of benzene rings is 1. The van der Waals surface area contributed by atoms with E-state index >= 15 is 0 Å². The Bertz CT molecular complexity index is 490. The van der Waals surface area contributed by atoms with Gasteiger partial charge in [-0.1, -0.05) is 12.1 Å². The molecular weight excluding hydrogens is 203 g/mol. The van der Waals surface area contributed by atoms with Gasteiger partial charge in [-0.25, -0.2) is 14.3 Å². The molecule has 0 aliphatic rings. The van der Waals surface area contributed by atoms with Crippen LogP contribution in [0.4, 0.5) is 4.39 Å². The maximum atomic E-state index is 12.5. The second kappa shape index (κ2) is 3.91. The molecule has 1 N–H and O–H groups in total. The third kappa shape index (κ3) is 2.19. The Morgan fingerprint density at radius 3 is 2.73 bits per heavy atom. The predicted octanol–water partition coefficient (Wildman–Crippen LogP) is -0.266. The first-order chi connectivity index (χ1) is 7.25. The topological polar surface area (TPSA) is 72.8 Å². The number of rotatable bonds is 3. The fourth-order valence-electron chi connectivity index (χ4n) is 0.990. The Morgan fingerprint density at radius 1 is 1.40 bits per heavy atom. The van der Waals surface area contributed by atoms with E-state index in [-0.39, 0.29) is 12.4 Å². The Labute approximate surface area is 83.2 Å². The van der Waals surface area contributed by atoms with Crippen molar-refractivity contribution < 1.29 is 9.23 Å². The molecule has 2 rings (SSSR count). The summed E-state index contributed by atoms with van der Waals surface area (Å²) < 4.78 is 12.5. The van der Waals surface area contributed by atoms with Gasteiger partial charge in [0.25, 0.3) is 0 Å². The third-order valence-electron chi connectivity index (χ3n) is 1.71. The van der Waals surface area contributed by atoms with Crippen molar-refractivity contribution in [2.75, 3.05) is 0 Å². The third-order valence-corrected chi connectivity index (χ3v) is 1.71. The van der Waals surface area contributed by atoms with Crippen LogP contribution in [0.25, 0.3) is 0 Å². The quantitative estimate of drug-likeness (QED) is 0.757. The van der Waals surface area contributed by atoms with E-state index in [0.29, 0.717) is 0 Å². The van der Waals surface area contributed by atoms with Crippen LogP contribution in [0.2, 0.25) is 0 Å². The molecule has 0 saturated heterocycles. The van der Waals surface area contributed by atoms with Gasteiger partial charge in [-0.3, -0.25) is 0 Å². The smallest absolute Gasteiger partial charge is 0.386 e. The van der Waals surface area contributed by atoms with Crippen molar-refractivity contribution in [1.82, 2.24) is 20.4 Å². The number of hydrogen-bond acceptors (Lipinski definition) is 4. The predicted molar refractivity (Wildman–Crippen MR) is 47.3 cm³/mol. The van der Waals surface area contributed by atoms with Crippen LogP contribution in [0.3, 0.4) is 0 Å². The fraction of sp³-hybridized carbons (Fsp3) is 0.125. The first kappa shape index (κ1) is 9.38. The number of halogens is 1. The average molecular weight is 210 g/mol. The zero-order valence-corrected chi connectivity index (χ0v) is 7.55. The van der Waals surface area contributed by atoms with E-state index in [1.807, 2.05) is 0 Å². The molecule has 0 saturated carbocycles. The van der Waals surface area contributed by atoms with Gasteiger partial charge in [0, 0.05) is 0 Å². The summed E-state index contributed by atoms with van der Waals surface area (Å²) in [6, 6.07) is 5.73. The minimum atomic E-state index is -0.558. The summed E-state index contributed by atoms with van der Waals surface area (Å²) in [6.45, 7) is 0.118. The Kier molecular flexibility index (Phi) is 2.44. The molecule has 2 aromatic rings. The van der Waals surface area contributed by atoms with Gasteiger partial charge < -0.3 is 4.84 Å². The fourth-order valence-corrected chi connectivity index (χ4v) is 0.990. The van der Waals surface area contributed by atoms with Crippen LogP contribution in [-0.4, -0.2) is 20.4 Å². The molecule has 0 aliphatic heterocycles. The molecule has 7 heteroatoms. The highest BCUT2D eigenvalue weighted by Gasteiger charge is 2.00. The maximum Gasteiger partial charge on any atom is 0.395 e. The molecule has 15 heavy (non-hydrogen) atoms. The van der Waals surface area contributed by atoms with E-state index in [4.69, 9.17) is 4.84 Å². The zero-order valence-electron chi connectivity index (χ0n) is 7.55. The van der Waals surface area contributed by atoms with Crippen molar-refractivity contribution >= 4 is 0 Å². The molecule has 0 aliphatic carbocycles. The van der Waals surface area contributed by atoms with Gasteiger partial charge in [0.15, 0.2) is 0 Å². The number of hydrogen-bond donors (Lipinski definition) is 1. The van der Waals surface area contributed by atoms with Crippen molar-refractivity contribution in [3.63, 3.8) is 0 Å². The summed E-state index contributed by atoms with van der Waals surface area (Å²) in [4.78, 5) is 16.6. The number of aromatic amines is 1. The first-order valence-corrected chi connectivity index (χ1v) is 4.14. The number of nitrogens with one attached hydrogen (secondary N) is 1. The molecule has 0 bridgehead atoms. The van der Waals surface area contributed by atoms with E-state index in [2.05, 4.69) is 15.5 Å². The monoisotopic (exact) mass is 210 g/mol. The number of nitrogens with zero attached hydrogens (tertiary/aromatic N) is 3. The number of aromatic nitrogens is 4. The summed E-state index contributed by atoms with van der Waals surface area (Å²) >= 11 is 0. The van der Waals surface area contributed by atoms with Gasteiger partial charge in [-0.15, -0.1) is 0 Å². The molecule has 0 unspecified atom stereocenters. The Balaban J connectivity index is 2.02. The molecule has 0 radical (unpaired) electrons. The molecule has 78 valence electrons. The van der Waals surface area contributed by atoms with Gasteiger partial charge >= 0.3 is 5.69 Å². The van der Waals surface area contributed by atoms with Gasteiger partial charge in [0.05, 0.1) is 0 Å². The zero-order chi connectivity index (χ0) is 10.7. The van der Waals surface area contributed by atoms with Gasteiger partial charge in [-0.05, 0) is 33.0 Å². The van der Waals surface area contributed by atoms with Crippen LogP contribution in [0.15, 0.2) is 29.1 Å². The second-order valence-electron chi connectivity index (χ2n) is 2.78. The van der Waals surface area contributed by atoms with Crippen LogP contribution in [0.1, 0.15) is 5.56 Å². The van der Waals surface area contributed by atoms with E-state index in [0.717, 1.165) is 10.4 Å². The molecule has 0 atom stereocenters. The first-order valence-electron chi connectivity index (χ1n) is 4.14. The van der Waals surface area contributed by atoms with Gasteiger partial charge in [-0.2, -0.15) is 0 Å². The van der Waals surface area contributed by atoms with Crippen LogP contribution >= 0.6 is 0 Å². The lowest BCUT2D eigenvalue weighted by Crippen LogP contribution is -2.25. The summed E-state index contributed by atoms with van der Waals surface area (Å²) in [7, 11) is 0. The Hall–Kier alpha value is -2.18. The lowest BCUT2D eigenvalue weighted by molar-refractivity contribution is 0.0592. The summed E-state index contributed by atoms with van der Waals surface area (Å²) in [5.41, 5.74) is 0.170. The van der Waals surface area contributed by atoms with Crippen molar-refractivity contribution in [3.05, 3.63) is 46.1 Å². The molecule has 1 heterocycles. The molecule has 0 spiro atoms. The molecule has 1 aromatic carbocycles. The van der Waals surface area contributed by atoms with Crippen LogP contribution in [0, 0.1) is 5.82 Å². The molecule has 6 nitrogen and oxygen atoms in total. The minimum absolute atomic E-state index is 0.118. The molecular formula is C8H7FN4O2. The largest absolute Gasteiger partial charge is 0.395 e. The maximum absolute atomic E-state index is 12.5. The van der Waals surface area contributed by atoms with Crippen LogP contribution in [-0.2, 0) is 6.61 Å². The van der Waals surface area contributed by atoms with Crippen LogP contribution in [0.5, 0.6) is 0 Å². The van der Waals surface area contributed by atoms with Crippen molar-refractivity contribution in [3.8, 4) is 0 Å². The molecule has 1 aromatic heterocycles. The van der Waals surface area contributed by atoms with Crippen molar-refractivity contribution in [2.45, 2.75) is 6.61 Å². The van der Waals surface area contributed by atoms with Gasteiger partial charge in [0.2, 0.25) is 0 Å². The number of H-pyrrole nitrogens is 1. The van der Waals surface area contributed by atoms with Crippen molar-refractivity contribution in [1.29, 1.82) is 0 Å². The van der Waals surface area contributed by atoms with E-state index in [1.165, 1.54) is 12.1 Å². The minimum Gasteiger partial charge on any atom is -0.386 e. The van der Waals surface area contributed by atoms with Gasteiger partial charge in [0.1, 0.15) is 12.4 Å². The highest BCUT2D eigenvalue weighted by atomic mass is 19.1. The van der Waals surface area contributed by atoms with E-state index in [1.54, 1.807) is 12.1 Å². The summed E-state index contributed by atoms with van der Waals surface area (Å²) in [6.07, 6.45) is 0. The highest BCUT2D eigenvalue weighted by molar-refractivity contribution is 5.14. The summed E-state index contributed by atoms with van der Waals surface area (Å²) in [5, 5.41) is 8.66. The van der Waals surface area contributed by atoms with E-state index < -0.39 is 5.69 Å². The second-order valence-corrected chi connectivity index (χ2v) is 2.78.